The zero-order valence-electron chi connectivity index (χ0n) is 22.9. The van der Waals surface area contributed by atoms with E-state index in [-0.39, 0.29) is 5.41 Å². The van der Waals surface area contributed by atoms with Crippen molar-refractivity contribution < 1.29 is 0 Å². The van der Waals surface area contributed by atoms with Crippen molar-refractivity contribution in [1.82, 2.24) is 0 Å². The monoisotopic (exact) mass is 513 g/mol. The molecule has 0 radical (unpaired) electrons. The molecule has 0 unspecified atom stereocenters. The molecule has 0 atom stereocenters. The Labute approximate surface area is 236 Å². The van der Waals surface area contributed by atoms with Gasteiger partial charge in [-0.3, -0.25) is 0 Å². The predicted octanol–water partition coefficient (Wildman–Crippen LogP) is 10.7. The second kappa shape index (κ2) is 9.70. The molecule has 0 amide bonds. The first-order valence-electron chi connectivity index (χ1n) is 14.0. The summed E-state index contributed by atoms with van der Waals surface area (Å²) in [5, 5.41) is 3.75. The Bertz CT molecular complexity index is 1820. The van der Waals surface area contributed by atoms with Gasteiger partial charge in [-0.1, -0.05) is 129 Å². The quantitative estimate of drug-likeness (QED) is 0.242. The molecule has 0 fully saturated rings. The average Bonchev–Trinajstić information content (AvgIpc) is 3.24. The van der Waals surface area contributed by atoms with Gasteiger partial charge in [-0.25, -0.2) is 0 Å². The van der Waals surface area contributed by atoms with Crippen LogP contribution in [0.1, 0.15) is 25.0 Å². The third-order valence-electron chi connectivity index (χ3n) is 8.23. The average molecular weight is 514 g/mol. The number of para-hydroxylation sites is 1. The van der Waals surface area contributed by atoms with Gasteiger partial charge in [0.05, 0.1) is 0 Å². The molecule has 0 aliphatic heterocycles. The van der Waals surface area contributed by atoms with Gasteiger partial charge < -0.3 is 5.32 Å². The van der Waals surface area contributed by atoms with Crippen LogP contribution in [0.3, 0.4) is 0 Å². The van der Waals surface area contributed by atoms with Crippen molar-refractivity contribution in [2.24, 2.45) is 0 Å². The van der Waals surface area contributed by atoms with Crippen molar-refractivity contribution in [3.63, 3.8) is 0 Å². The topological polar surface area (TPSA) is 12.0 Å². The van der Waals surface area contributed by atoms with Crippen LogP contribution in [0.5, 0.6) is 0 Å². The largest absolute Gasteiger partial charge is 0.355 e. The van der Waals surface area contributed by atoms with E-state index in [1.807, 2.05) is 0 Å². The van der Waals surface area contributed by atoms with Crippen molar-refractivity contribution >= 4 is 11.4 Å². The van der Waals surface area contributed by atoms with Crippen LogP contribution in [0.25, 0.3) is 44.5 Å². The molecular weight excluding hydrogens is 482 g/mol. The Morgan fingerprint density at radius 3 is 1.65 bits per heavy atom. The molecule has 0 bridgehead atoms. The highest BCUT2D eigenvalue weighted by atomic mass is 14.9. The summed E-state index contributed by atoms with van der Waals surface area (Å²) < 4.78 is 0. The Morgan fingerprint density at radius 2 is 0.975 bits per heavy atom. The summed E-state index contributed by atoms with van der Waals surface area (Å²) in [6, 6.07) is 52.3. The fourth-order valence-electron chi connectivity index (χ4n) is 6.30. The first-order chi connectivity index (χ1) is 19.6. The molecule has 0 aromatic heterocycles. The van der Waals surface area contributed by atoms with Crippen LogP contribution in [0.2, 0.25) is 0 Å². The lowest BCUT2D eigenvalue weighted by Crippen LogP contribution is -2.16. The van der Waals surface area contributed by atoms with Crippen LogP contribution >= 0.6 is 0 Å². The third kappa shape index (κ3) is 4.12. The predicted molar refractivity (Wildman–Crippen MR) is 170 cm³/mol. The minimum atomic E-state index is -0.151. The summed E-state index contributed by atoms with van der Waals surface area (Å²) in [6.07, 6.45) is 0. The molecule has 1 heteroatoms. The second-order valence-corrected chi connectivity index (χ2v) is 11.1. The molecule has 1 aliphatic carbocycles. The summed E-state index contributed by atoms with van der Waals surface area (Å²) in [5.74, 6) is 0. The molecular formula is C39H31N. The van der Waals surface area contributed by atoms with Crippen molar-refractivity contribution in [2.45, 2.75) is 19.3 Å². The Balaban J connectivity index is 1.36. The highest BCUT2D eigenvalue weighted by Gasteiger charge is 2.38. The summed E-state index contributed by atoms with van der Waals surface area (Å²) in [7, 11) is 0. The molecule has 0 spiro atoms. The Kier molecular flexibility index (Phi) is 5.86. The maximum Gasteiger partial charge on any atom is 0.0463 e. The lowest BCUT2D eigenvalue weighted by molar-refractivity contribution is 0.662. The van der Waals surface area contributed by atoms with Crippen molar-refractivity contribution in [2.75, 3.05) is 5.32 Å². The van der Waals surface area contributed by atoms with Gasteiger partial charge in [0.1, 0.15) is 0 Å². The zero-order valence-corrected chi connectivity index (χ0v) is 22.9. The Hall–Kier alpha value is -4.88. The van der Waals surface area contributed by atoms with Gasteiger partial charge in [0.25, 0.3) is 0 Å². The van der Waals surface area contributed by atoms with Crippen LogP contribution < -0.4 is 5.32 Å². The van der Waals surface area contributed by atoms with Crippen LogP contribution in [0.15, 0.2) is 146 Å². The molecule has 1 aliphatic rings. The molecule has 7 rings (SSSR count). The number of fused-ring (bicyclic) bond motifs is 3. The standard InChI is InChI=1S/C39H31N/c1-39(2)36-26-31(40-37-21-13-12-20-32(37)28-16-8-4-9-17-28)22-23-33(36)35-25-30(27-14-6-3-7-15-27)24-34(38(35)39)29-18-10-5-11-19-29/h3-26,40H,1-2H3. The third-order valence-corrected chi connectivity index (χ3v) is 8.23. The number of anilines is 2. The van der Waals surface area contributed by atoms with E-state index in [0.717, 1.165) is 11.4 Å². The van der Waals surface area contributed by atoms with E-state index in [2.05, 4.69) is 165 Å². The molecule has 0 saturated carbocycles. The molecule has 192 valence electrons. The number of hydrogen-bond donors (Lipinski definition) is 1. The van der Waals surface area contributed by atoms with Gasteiger partial charge in [-0.05, 0) is 80.4 Å². The van der Waals surface area contributed by atoms with Crippen LogP contribution in [0, 0.1) is 0 Å². The molecule has 0 heterocycles. The van der Waals surface area contributed by atoms with E-state index in [1.165, 1.54) is 55.6 Å². The summed E-state index contributed by atoms with van der Waals surface area (Å²) >= 11 is 0. The maximum absolute atomic E-state index is 3.75. The molecule has 0 saturated heterocycles. The van der Waals surface area contributed by atoms with E-state index in [4.69, 9.17) is 0 Å². The van der Waals surface area contributed by atoms with Gasteiger partial charge in [0, 0.05) is 22.4 Å². The van der Waals surface area contributed by atoms with Gasteiger partial charge in [0.2, 0.25) is 0 Å². The van der Waals surface area contributed by atoms with Gasteiger partial charge in [0.15, 0.2) is 0 Å². The molecule has 1 N–H and O–H groups in total. The highest BCUT2D eigenvalue weighted by molar-refractivity contribution is 5.93. The molecule has 40 heavy (non-hydrogen) atoms. The van der Waals surface area contributed by atoms with E-state index in [1.54, 1.807) is 0 Å². The van der Waals surface area contributed by atoms with E-state index in [0.29, 0.717) is 0 Å². The maximum atomic E-state index is 3.75. The summed E-state index contributed by atoms with van der Waals surface area (Å²) in [6.45, 7) is 4.74. The fourth-order valence-corrected chi connectivity index (χ4v) is 6.30. The SMILES string of the molecule is CC1(C)c2cc(Nc3ccccc3-c3ccccc3)ccc2-c2cc(-c3ccccc3)cc(-c3ccccc3)c21. The number of benzene rings is 6. The van der Waals surface area contributed by atoms with E-state index >= 15 is 0 Å². The van der Waals surface area contributed by atoms with Crippen LogP contribution in [-0.4, -0.2) is 0 Å². The van der Waals surface area contributed by atoms with Gasteiger partial charge in [-0.2, -0.15) is 0 Å². The first kappa shape index (κ1) is 24.2. The summed E-state index contributed by atoms with van der Waals surface area (Å²) in [4.78, 5) is 0. The minimum Gasteiger partial charge on any atom is -0.355 e. The van der Waals surface area contributed by atoms with Crippen molar-refractivity contribution in [3.05, 3.63) is 157 Å². The normalized spacial score (nSPS) is 12.9. The van der Waals surface area contributed by atoms with Crippen LogP contribution in [0.4, 0.5) is 11.4 Å². The van der Waals surface area contributed by atoms with Crippen molar-refractivity contribution in [1.29, 1.82) is 0 Å². The number of nitrogens with one attached hydrogen (secondary N) is 1. The highest BCUT2D eigenvalue weighted by Crippen LogP contribution is 2.54. The Morgan fingerprint density at radius 1 is 0.425 bits per heavy atom. The number of rotatable bonds is 5. The van der Waals surface area contributed by atoms with E-state index < -0.39 is 0 Å². The first-order valence-corrected chi connectivity index (χ1v) is 14.0. The van der Waals surface area contributed by atoms with E-state index in [9.17, 15) is 0 Å². The van der Waals surface area contributed by atoms with Gasteiger partial charge in [-0.15, -0.1) is 0 Å². The minimum absolute atomic E-state index is 0.151. The summed E-state index contributed by atoms with van der Waals surface area (Å²) in [5.41, 5.74) is 14.9. The molecule has 6 aromatic rings. The smallest absolute Gasteiger partial charge is 0.0463 e. The number of hydrogen-bond acceptors (Lipinski definition) is 1. The van der Waals surface area contributed by atoms with Crippen LogP contribution in [-0.2, 0) is 5.41 Å². The molecule has 1 nitrogen and oxygen atoms in total. The fraction of sp³-hybridized carbons (Fsp3) is 0.0769. The van der Waals surface area contributed by atoms with Gasteiger partial charge >= 0.3 is 0 Å². The molecule has 6 aromatic carbocycles. The lowest BCUT2D eigenvalue weighted by Gasteiger charge is -2.25. The van der Waals surface area contributed by atoms with Crippen molar-refractivity contribution in [3.8, 4) is 44.5 Å². The second-order valence-electron chi connectivity index (χ2n) is 11.1. The lowest BCUT2D eigenvalue weighted by atomic mass is 9.78. The zero-order chi connectivity index (χ0) is 27.1.